The molecule has 1 aromatic carbocycles. The summed E-state index contributed by atoms with van der Waals surface area (Å²) in [5.74, 6) is 0.754. The Hall–Kier alpha value is -3.42. The first-order valence-electron chi connectivity index (χ1n) is 8.67. The van der Waals surface area contributed by atoms with Gasteiger partial charge in [-0.2, -0.15) is 5.10 Å². The molecule has 8 heteroatoms. The van der Waals surface area contributed by atoms with Crippen molar-refractivity contribution >= 4 is 16.7 Å². The molecule has 4 rings (SSSR count). The second-order valence-electron chi connectivity index (χ2n) is 6.62. The van der Waals surface area contributed by atoms with Crippen LogP contribution in [0.25, 0.3) is 22.3 Å². The molecule has 3 aromatic rings. The Morgan fingerprint density at radius 3 is 2.93 bits per heavy atom. The van der Waals surface area contributed by atoms with E-state index in [1.54, 1.807) is 11.8 Å². The molecular formula is C19H19N5O3. The molecule has 8 nitrogen and oxygen atoms in total. The van der Waals surface area contributed by atoms with E-state index in [2.05, 4.69) is 26.7 Å². The van der Waals surface area contributed by atoms with Gasteiger partial charge in [-0.05, 0) is 24.4 Å². The molecule has 3 heterocycles. The molecule has 27 heavy (non-hydrogen) atoms. The van der Waals surface area contributed by atoms with Gasteiger partial charge < -0.3 is 9.64 Å². The quantitative estimate of drug-likeness (QED) is 0.687. The van der Waals surface area contributed by atoms with E-state index in [1.807, 2.05) is 30.3 Å². The van der Waals surface area contributed by atoms with Gasteiger partial charge >= 0.3 is 5.69 Å². The van der Waals surface area contributed by atoms with Crippen molar-refractivity contribution in [2.45, 2.75) is 19.4 Å². The maximum Gasteiger partial charge on any atom is 0.340 e. The molecule has 2 aromatic heterocycles. The summed E-state index contributed by atoms with van der Waals surface area (Å²) in [4.78, 5) is 32.4. The fourth-order valence-electron chi connectivity index (χ4n) is 3.21. The van der Waals surface area contributed by atoms with E-state index in [-0.39, 0.29) is 12.0 Å². The minimum Gasteiger partial charge on any atom is -0.472 e. The van der Waals surface area contributed by atoms with Crippen molar-refractivity contribution in [1.82, 2.24) is 25.1 Å². The smallest absolute Gasteiger partial charge is 0.340 e. The van der Waals surface area contributed by atoms with Gasteiger partial charge in [-0.1, -0.05) is 24.8 Å². The number of aromatic amines is 2. The van der Waals surface area contributed by atoms with Crippen molar-refractivity contribution < 1.29 is 9.53 Å². The number of ether oxygens (including phenoxy) is 1. The molecule has 1 aliphatic heterocycles. The lowest BCUT2D eigenvalue weighted by Gasteiger charge is -2.18. The van der Waals surface area contributed by atoms with Gasteiger partial charge in [0.15, 0.2) is 5.82 Å². The molecule has 0 radical (unpaired) electrons. The van der Waals surface area contributed by atoms with Gasteiger partial charge in [0.2, 0.25) is 11.8 Å². The van der Waals surface area contributed by atoms with Crippen LogP contribution < -0.4 is 10.4 Å². The first-order valence-corrected chi connectivity index (χ1v) is 8.67. The van der Waals surface area contributed by atoms with Crippen LogP contribution in [0.1, 0.15) is 13.3 Å². The summed E-state index contributed by atoms with van der Waals surface area (Å²) < 4.78 is 6.15. The van der Waals surface area contributed by atoms with Gasteiger partial charge in [0.25, 0.3) is 0 Å². The van der Waals surface area contributed by atoms with Crippen molar-refractivity contribution in [2.24, 2.45) is 0 Å². The van der Waals surface area contributed by atoms with Crippen LogP contribution in [0.2, 0.25) is 0 Å². The number of amides is 1. The number of H-pyrrole nitrogens is 2. The number of aromatic nitrogens is 4. The lowest BCUT2D eigenvalue weighted by atomic mass is 10.1. The molecular weight excluding hydrogens is 346 g/mol. The van der Waals surface area contributed by atoms with Gasteiger partial charge in [-0.3, -0.25) is 9.78 Å². The molecule has 138 valence electrons. The monoisotopic (exact) mass is 365 g/mol. The molecule has 1 atom stereocenters. The summed E-state index contributed by atoms with van der Waals surface area (Å²) in [6, 6.07) is 9.56. The van der Waals surface area contributed by atoms with Crippen molar-refractivity contribution in [3.05, 3.63) is 53.0 Å². The van der Waals surface area contributed by atoms with Crippen LogP contribution in [0.5, 0.6) is 5.88 Å². The number of hydrogen-bond donors (Lipinski definition) is 2. The standard InChI is InChI=1S/C19H19N5O3/c1-11(2)18(25)24-8-7-13(10-24)27-17-14-6-4-3-5-12(14)9-15(20-17)16-21-19(26)23-22-16/h3-6,9,13H,1,7-8,10H2,2H3,(H2,21,22,23,26). The highest BCUT2D eigenvalue weighted by Crippen LogP contribution is 2.29. The number of benzene rings is 1. The van der Waals surface area contributed by atoms with Crippen LogP contribution in [-0.4, -0.2) is 50.2 Å². The summed E-state index contributed by atoms with van der Waals surface area (Å²) in [6.45, 7) is 6.54. The topological polar surface area (TPSA) is 104 Å². The number of rotatable bonds is 4. The summed E-state index contributed by atoms with van der Waals surface area (Å²) >= 11 is 0. The summed E-state index contributed by atoms with van der Waals surface area (Å²) in [7, 11) is 0. The predicted octanol–water partition coefficient (Wildman–Crippen LogP) is 1.87. The highest BCUT2D eigenvalue weighted by atomic mass is 16.5. The normalized spacial score (nSPS) is 16.6. The van der Waals surface area contributed by atoms with Gasteiger partial charge in [-0.25, -0.2) is 14.9 Å². The lowest BCUT2D eigenvalue weighted by molar-refractivity contribution is -0.126. The molecule has 0 saturated carbocycles. The first-order chi connectivity index (χ1) is 13.0. The zero-order chi connectivity index (χ0) is 19.0. The number of pyridine rings is 1. The molecule has 0 spiro atoms. The van der Waals surface area contributed by atoms with Crippen LogP contribution in [0.3, 0.4) is 0 Å². The Balaban J connectivity index is 1.66. The SMILES string of the molecule is C=C(C)C(=O)N1CCC(Oc2nc(-c3n[nH]c(=O)[nH]3)cc3ccccc23)C1. The second-order valence-corrected chi connectivity index (χ2v) is 6.62. The average molecular weight is 365 g/mol. The van der Waals surface area contributed by atoms with E-state index in [1.165, 1.54) is 0 Å². The minimum absolute atomic E-state index is 0.0539. The third kappa shape index (κ3) is 3.33. The fourth-order valence-corrected chi connectivity index (χ4v) is 3.21. The van der Waals surface area contributed by atoms with Crippen molar-refractivity contribution in [3.8, 4) is 17.4 Å². The summed E-state index contributed by atoms with van der Waals surface area (Å²) in [5, 5.41) is 8.08. The Morgan fingerprint density at radius 1 is 1.37 bits per heavy atom. The van der Waals surface area contributed by atoms with Crippen LogP contribution in [-0.2, 0) is 4.79 Å². The third-order valence-electron chi connectivity index (χ3n) is 4.52. The van der Waals surface area contributed by atoms with E-state index < -0.39 is 5.69 Å². The number of carbonyl (C=O) groups is 1. The number of nitrogens with zero attached hydrogens (tertiary/aromatic N) is 3. The highest BCUT2D eigenvalue weighted by Gasteiger charge is 2.28. The van der Waals surface area contributed by atoms with Gasteiger partial charge in [0, 0.05) is 23.9 Å². The Labute approximate surface area is 154 Å². The summed E-state index contributed by atoms with van der Waals surface area (Å²) in [5.41, 5.74) is 0.630. The second kappa shape index (κ2) is 6.71. The van der Waals surface area contributed by atoms with E-state index in [0.717, 1.165) is 17.2 Å². The maximum atomic E-state index is 12.1. The molecule has 0 bridgehead atoms. The van der Waals surface area contributed by atoms with Gasteiger partial charge in [0.05, 0.1) is 6.54 Å². The van der Waals surface area contributed by atoms with E-state index in [0.29, 0.717) is 36.1 Å². The predicted molar refractivity (Wildman–Crippen MR) is 100 cm³/mol. The molecule has 1 saturated heterocycles. The Kier molecular flexibility index (Phi) is 4.23. The van der Waals surface area contributed by atoms with Crippen molar-refractivity contribution in [2.75, 3.05) is 13.1 Å². The van der Waals surface area contributed by atoms with E-state index >= 15 is 0 Å². The highest BCUT2D eigenvalue weighted by molar-refractivity contribution is 5.92. The van der Waals surface area contributed by atoms with Crippen molar-refractivity contribution in [3.63, 3.8) is 0 Å². The fraction of sp³-hybridized carbons (Fsp3) is 0.263. The molecule has 0 aliphatic carbocycles. The van der Waals surface area contributed by atoms with Crippen LogP contribution >= 0.6 is 0 Å². The lowest BCUT2D eigenvalue weighted by Crippen LogP contribution is -2.31. The minimum atomic E-state index is -0.396. The number of nitrogens with one attached hydrogen (secondary N) is 2. The average Bonchev–Trinajstić information content (AvgIpc) is 3.30. The van der Waals surface area contributed by atoms with Gasteiger partial charge in [-0.15, -0.1) is 0 Å². The number of hydrogen-bond acceptors (Lipinski definition) is 5. The number of carbonyl (C=O) groups excluding carboxylic acids is 1. The van der Waals surface area contributed by atoms with Crippen LogP contribution in [0, 0.1) is 0 Å². The molecule has 1 amide bonds. The van der Waals surface area contributed by atoms with Crippen LogP contribution in [0.4, 0.5) is 0 Å². The van der Waals surface area contributed by atoms with E-state index in [9.17, 15) is 9.59 Å². The largest absolute Gasteiger partial charge is 0.472 e. The molecule has 1 unspecified atom stereocenters. The van der Waals surface area contributed by atoms with Crippen molar-refractivity contribution in [1.29, 1.82) is 0 Å². The van der Waals surface area contributed by atoms with E-state index in [4.69, 9.17) is 4.74 Å². The van der Waals surface area contributed by atoms with Crippen LogP contribution in [0.15, 0.2) is 47.3 Å². The zero-order valence-electron chi connectivity index (χ0n) is 14.9. The maximum absolute atomic E-state index is 12.1. The zero-order valence-corrected chi connectivity index (χ0v) is 14.9. The van der Waals surface area contributed by atoms with Gasteiger partial charge in [0.1, 0.15) is 11.8 Å². The summed E-state index contributed by atoms with van der Waals surface area (Å²) in [6.07, 6.45) is 0.566. The third-order valence-corrected chi connectivity index (χ3v) is 4.52. The molecule has 1 aliphatic rings. The molecule has 2 N–H and O–H groups in total. The molecule has 1 fully saturated rings. The Bertz CT molecular complexity index is 1080. The number of likely N-dealkylation sites (tertiary alicyclic amines) is 1. The first kappa shape index (κ1) is 17.0. The Morgan fingerprint density at radius 2 is 2.19 bits per heavy atom. The number of fused-ring (bicyclic) bond motifs is 1.